The molecule has 0 aliphatic rings. The molecule has 0 spiro atoms. The number of pyridine rings is 2. The number of para-hydroxylation sites is 3. The van der Waals surface area contributed by atoms with E-state index in [0.717, 1.165) is 61.2 Å². The predicted octanol–water partition coefficient (Wildman–Crippen LogP) is 12.2. The zero-order chi connectivity index (χ0) is 33.9. The average molecular weight is 663 g/mol. The van der Waals surface area contributed by atoms with Crippen molar-refractivity contribution in [2.75, 3.05) is 0 Å². The maximum Gasteiger partial charge on any atom is 0.246 e. The molecule has 5 nitrogen and oxygen atoms in total. The molecule has 0 N–H and O–H groups in total. The summed E-state index contributed by atoms with van der Waals surface area (Å²) in [6.45, 7) is 0. The molecular weight excluding hydrogens is 637 g/mol. The topological polar surface area (TPSA) is 56.2 Å². The fraction of sp³-hybridized carbons (Fsp3) is 0. The van der Waals surface area contributed by atoms with Gasteiger partial charge in [0.2, 0.25) is 5.71 Å². The largest absolute Gasteiger partial charge is 0.436 e. The molecule has 0 bridgehead atoms. The SMILES string of the molecule is c1ccc(-c2cc(-c3ccc4oc5nc6ccccc6nc5c4c3)nc(-c3cc4c5cccc6cccc(c65)n5c6ccccc6c(c3)c45)c2)cc1. The van der Waals surface area contributed by atoms with E-state index in [9.17, 15) is 0 Å². The minimum atomic E-state index is 0.538. The maximum absolute atomic E-state index is 6.20. The highest BCUT2D eigenvalue weighted by Crippen LogP contribution is 2.43. The quantitative estimate of drug-likeness (QED) is 0.140. The minimum Gasteiger partial charge on any atom is -0.436 e. The van der Waals surface area contributed by atoms with Crippen molar-refractivity contribution in [1.29, 1.82) is 0 Å². The number of hydrogen-bond donors (Lipinski definition) is 0. The lowest BCUT2D eigenvalue weighted by atomic mass is 9.95. The Kier molecular flexibility index (Phi) is 5.44. The van der Waals surface area contributed by atoms with Gasteiger partial charge >= 0.3 is 0 Å². The molecule has 0 radical (unpaired) electrons. The molecule has 0 unspecified atom stereocenters. The fourth-order valence-electron chi connectivity index (χ4n) is 8.35. The first-order chi connectivity index (χ1) is 25.7. The molecule has 0 saturated heterocycles. The van der Waals surface area contributed by atoms with Gasteiger partial charge in [-0.05, 0) is 88.6 Å². The smallest absolute Gasteiger partial charge is 0.246 e. The molecule has 0 saturated carbocycles. The van der Waals surface area contributed by atoms with Crippen molar-refractivity contribution in [2.24, 2.45) is 0 Å². The van der Waals surface area contributed by atoms with Crippen LogP contribution in [0.4, 0.5) is 0 Å². The van der Waals surface area contributed by atoms with Gasteiger partial charge < -0.3 is 8.82 Å². The van der Waals surface area contributed by atoms with Crippen LogP contribution in [0, 0.1) is 0 Å². The number of hydrogen-bond acceptors (Lipinski definition) is 4. The van der Waals surface area contributed by atoms with E-state index >= 15 is 0 Å². The van der Waals surface area contributed by atoms with E-state index in [-0.39, 0.29) is 0 Å². The summed E-state index contributed by atoms with van der Waals surface area (Å²) >= 11 is 0. The van der Waals surface area contributed by atoms with E-state index in [0.29, 0.717) is 5.71 Å². The van der Waals surface area contributed by atoms with Crippen molar-refractivity contribution in [3.05, 3.63) is 158 Å². The Labute approximate surface area is 296 Å². The number of benzene rings is 7. The zero-order valence-electron chi connectivity index (χ0n) is 27.7. The first-order valence-electron chi connectivity index (χ1n) is 17.5. The molecule has 5 heterocycles. The van der Waals surface area contributed by atoms with Gasteiger partial charge in [0.1, 0.15) is 11.1 Å². The van der Waals surface area contributed by atoms with Gasteiger partial charge in [0, 0.05) is 38.1 Å². The second-order valence-corrected chi connectivity index (χ2v) is 13.6. The van der Waals surface area contributed by atoms with Gasteiger partial charge in [0.25, 0.3) is 0 Å². The summed E-state index contributed by atoms with van der Waals surface area (Å²) in [5.41, 5.74) is 13.5. The molecule has 0 aliphatic carbocycles. The third kappa shape index (κ3) is 3.85. The van der Waals surface area contributed by atoms with Crippen LogP contribution in [0.2, 0.25) is 0 Å². The number of aromatic nitrogens is 4. The Bertz CT molecular complexity index is 3410. The maximum atomic E-state index is 6.20. The number of furan rings is 1. The van der Waals surface area contributed by atoms with Crippen LogP contribution in [-0.4, -0.2) is 19.4 Å². The summed E-state index contributed by atoms with van der Waals surface area (Å²) in [6, 6.07) is 55.8. The number of nitrogens with zero attached hydrogens (tertiary/aromatic N) is 4. The Balaban J connectivity index is 1.15. The van der Waals surface area contributed by atoms with E-state index in [2.05, 4.69) is 132 Å². The summed E-state index contributed by atoms with van der Waals surface area (Å²) in [5.74, 6) is 0. The van der Waals surface area contributed by atoms with Gasteiger partial charge in [-0.15, -0.1) is 0 Å². The van der Waals surface area contributed by atoms with Crippen LogP contribution in [0.15, 0.2) is 162 Å². The van der Waals surface area contributed by atoms with Gasteiger partial charge in [-0.25, -0.2) is 15.0 Å². The Morgan fingerprint density at radius 1 is 0.423 bits per heavy atom. The molecule has 5 heteroatoms. The first-order valence-corrected chi connectivity index (χ1v) is 17.5. The molecule has 0 fully saturated rings. The van der Waals surface area contributed by atoms with E-state index < -0.39 is 0 Å². The lowest BCUT2D eigenvalue weighted by Gasteiger charge is -2.15. The first kappa shape index (κ1) is 27.7. The summed E-state index contributed by atoms with van der Waals surface area (Å²) < 4.78 is 8.65. The predicted molar refractivity (Wildman–Crippen MR) is 213 cm³/mol. The molecule has 0 amide bonds. The Morgan fingerprint density at radius 2 is 1.10 bits per heavy atom. The van der Waals surface area contributed by atoms with Crippen LogP contribution in [0.5, 0.6) is 0 Å². The van der Waals surface area contributed by atoms with E-state index in [1.807, 2.05) is 30.3 Å². The molecule has 240 valence electrons. The average Bonchev–Trinajstić information content (AvgIpc) is 3.74. The van der Waals surface area contributed by atoms with Crippen LogP contribution >= 0.6 is 0 Å². The van der Waals surface area contributed by atoms with E-state index in [1.165, 1.54) is 48.9 Å². The lowest BCUT2D eigenvalue weighted by Crippen LogP contribution is -1.94. The van der Waals surface area contributed by atoms with E-state index in [4.69, 9.17) is 19.4 Å². The van der Waals surface area contributed by atoms with Crippen LogP contribution in [-0.2, 0) is 0 Å². The highest BCUT2D eigenvalue weighted by atomic mass is 16.3. The molecule has 12 rings (SSSR count). The van der Waals surface area contributed by atoms with Gasteiger partial charge in [-0.3, -0.25) is 0 Å². The van der Waals surface area contributed by atoms with Gasteiger partial charge in [-0.1, -0.05) is 91.0 Å². The third-order valence-corrected chi connectivity index (χ3v) is 10.7. The third-order valence-electron chi connectivity index (χ3n) is 10.7. The van der Waals surface area contributed by atoms with Crippen molar-refractivity contribution in [3.8, 4) is 33.6 Å². The van der Waals surface area contributed by atoms with Crippen LogP contribution in [0.3, 0.4) is 0 Å². The second-order valence-electron chi connectivity index (χ2n) is 13.6. The van der Waals surface area contributed by atoms with Crippen molar-refractivity contribution < 1.29 is 4.42 Å². The summed E-state index contributed by atoms with van der Waals surface area (Å²) in [6.07, 6.45) is 0. The fourth-order valence-corrected chi connectivity index (χ4v) is 8.35. The summed E-state index contributed by atoms with van der Waals surface area (Å²) in [7, 11) is 0. The molecule has 52 heavy (non-hydrogen) atoms. The number of rotatable bonds is 3. The van der Waals surface area contributed by atoms with Crippen LogP contribution in [0.1, 0.15) is 0 Å². The van der Waals surface area contributed by atoms with Crippen molar-refractivity contribution in [2.45, 2.75) is 0 Å². The second kappa shape index (κ2) is 10.2. The molecule has 0 aliphatic heterocycles. The standard InChI is InChI=1S/C47H26N4O/c1-2-10-27(11-3-1)30-25-39(29-20-21-43-36(22-29)45-47(52-43)50-38-17-6-5-16-37(38)49-45)48-40(26-30)31-23-34-32-14-4-7-18-41(32)51-42-19-9-13-28-12-8-15-33(44(28)42)35(24-31)46(34)51/h1-26H. The van der Waals surface area contributed by atoms with Crippen LogP contribution in [0.25, 0.3) is 116 Å². The summed E-state index contributed by atoms with van der Waals surface area (Å²) in [4.78, 5) is 15.2. The van der Waals surface area contributed by atoms with Gasteiger partial charge in [0.05, 0.1) is 39.0 Å². The molecule has 7 aromatic carbocycles. The van der Waals surface area contributed by atoms with Gasteiger partial charge in [-0.2, -0.15) is 0 Å². The lowest BCUT2D eigenvalue weighted by molar-refractivity contribution is 0.655. The van der Waals surface area contributed by atoms with Crippen molar-refractivity contribution >= 4 is 82.1 Å². The summed E-state index contributed by atoms with van der Waals surface area (Å²) in [5, 5.41) is 8.36. The van der Waals surface area contributed by atoms with E-state index in [1.54, 1.807) is 0 Å². The van der Waals surface area contributed by atoms with Gasteiger partial charge in [0.15, 0.2) is 0 Å². The minimum absolute atomic E-state index is 0.538. The monoisotopic (exact) mass is 662 g/mol. The van der Waals surface area contributed by atoms with Crippen molar-refractivity contribution in [3.63, 3.8) is 0 Å². The Morgan fingerprint density at radius 3 is 1.96 bits per heavy atom. The van der Waals surface area contributed by atoms with Crippen LogP contribution < -0.4 is 0 Å². The molecule has 5 aromatic heterocycles. The zero-order valence-corrected chi connectivity index (χ0v) is 27.7. The molecule has 12 aromatic rings. The Hall–Kier alpha value is -7.11. The molecular formula is C47H26N4O. The number of fused-ring (bicyclic) bond motifs is 9. The highest BCUT2D eigenvalue weighted by Gasteiger charge is 2.20. The highest BCUT2D eigenvalue weighted by molar-refractivity contribution is 6.27. The molecule has 0 atom stereocenters. The van der Waals surface area contributed by atoms with Crippen molar-refractivity contribution in [1.82, 2.24) is 19.4 Å². The normalized spacial score (nSPS) is 12.2.